The molecule has 0 aliphatic heterocycles. The first-order valence-electron chi connectivity index (χ1n) is 5.40. The monoisotopic (exact) mass is 216 g/mol. The van der Waals surface area contributed by atoms with Gasteiger partial charge in [0.1, 0.15) is 5.75 Å². The van der Waals surface area contributed by atoms with Gasteiger partial charge in [0.05, 0.1) is 11.6 Å². The normalized spacial score (nSPS) is 11.0. The number of ether oxygens (including phenoxy) is 1. The molecule has 16 heavy (non-hydrogen) atoms. The van der Waals surface area contributed by atoms with Gasteiger partial charge in [0.15, 0.2) is 0 Å². The van der Waals surface area contributed by atoms with E-state index in [0.717, 1.165) is 28.0 Å². The summed E-state index contributed by atoms with van der Waals surface area (Å²) in [5.41, 5.74) is 8.55. The van der Waals surface area contributed by atoms with Crippen molar-refractivity contribution in [3.05, 3.63) is 30.0 Å². The van der Waals surface area contributed by atoms with Crippen LogP contribution in [0.25, 0.3) is 10.9 Å². The van der Waals surface area contributed by atoms with E-state index in [2.05, 4.69) is 4.98 Å². The lowest BCUT2D eigenvalue weighted by Gasteiger charge is -2.11. The van der Waals surface area contributed by atoms with Gasteiger partial charge in [-0.3, -0.25) is 4.98 Å². The van der Waals surface area contributed by atoms with Gasteiger partial charge in [0.2, 0.25) is 0 Å². The predicted molar refractivity (Wildman–Crippen MR) is 66.7 cm³/mol. The Bertz CT molecular complexity index is 521. The van der Waals surface area contributed by atoms with E-state index in [1.165, 1.54) is 0 Å². The van der Waals surface area contributed by atoms with Gasteiger partial charge in [0, 0.05) is 16.8 Å². The summed E-state index contributed by atoms with van der Waals surface area (Å²) in [5.74, 6) is 0.833. The summed E-state index contributed by atoms with van der Waals surface area (Å²) in [6, 6.07) is 7.68. The summed E-state index contributed by atoms with van der Waals surface area (Å²) in [6.07, 6.45) is 0.164. The second kappa shape index (κ2) is 4.00. The molecule has 0 amide bonds. The van der Waals surface area contributed by atoms with Crippen LogP contribution in [-0.2, 0) is 0 Å². The predicted octanol–water partition coefficient (Wildman–Crippen LogP) is 2.91. The molecule has 1 aromatic carbocycles. The fraction of sp³-hybridized carbons (Fsp3) is 0.308. The highest BCUT2D eigenvalue weighted by atomic mass is 16.5. The first-order chi connectivity index (χ1) is 7.56. The van der Waals surface area contributed by atoms with E-state index in [-0.39, 0.29) is 6.10 Å². The van der Waals surface area contributed by atoms with Crippen LogP contribution in [0, 0.1) is 6.92 Å². The minimum absolute atomic E-state index is 0.164. The van der Waals surface area contributed by atoms with Gasteiger partial charge in [-0.25, -0.2) is 0 Å². The third-order valence-electron chi connectivity index (χ3n) is 2.31. The Labute approximate surface area is 95.2 Å². The van der Waals surface area contributed by atoms with Crippen LogP contribution in [0.15, 0.2) is 24.3 Å². The zero-order valence-corrected chi connectivity index (χ0v) is 9.82. The standard InChI is InChI=1S/C13H16N2O/c1-8(2)16-10-4-5-13-11(7-10)12(14)6-9(3)15-13/h4-8H,1-3H3,(H2,14,15). The Morgan fingerprint density at radius 2 is 2.00 bits per heavy atom. The number of nitrogens with two attached hydrogens (primary N) is 1. The van der Waals surface area contributed by atoms with Crippen LogP contribution in [0.4, 0.5) is 5.69 Å². The smallest absolute Gasteiger partial charge is 0.120 e. The average molecular weight is 216 g/mol. The molecule has 1 aromatic heterocycles. The second-order valence-electron chi connectivity index (χ2n) is 4.20. The first kappa shape index (κ1) is 10.7. The molecule has 0 aliphatic rings. The summed E-state index contributed by atoms with van der Waals surface area (Å²) in [6.45, 7) is 5.94. The van der Waals surface area contributed by atoms with Gasteiger partial charge in [-0.05, 0) is 45.0 Å². The number of aryl methyl sites for hydroxylation is 1. The van der Waals surface area contributed by atoms with Crippen molar-refractivity contribution < 1.29 is 4.74 Å². The van der Waals surface area contributed by atoms with Gasteiger partial charge in [0.25, 0.3) is 0 Å². The van der Waals surface area contributed by atoms with E-state index in [9.17, 15) is 0 Å². The minimum Gasteiger partial charge on any atom is -0.491 e. The fourth-order valence-corrected chi connectivity index (χ4v) is 1.71. The number of fused-ring (bicyclic) bond motifs is 1. The van der Waals surface area contributed by atoms with Crippen LogP contribution < -0.4 is 10.5 Å². The highest BCUT2D eigenvalue weighted by Gasteiger charge is 2.04. The molecule has 3 nitrogen and oxygen atoms in total. The summed E-state index contributed by atoms with van der Waals surface area (Å²) in [5, 5.41) is 0.948. The van der Waals surface area contributed by atoms with E-state index < -0.39 is 0 Å². The maximum atomic E-state index is 5.96. The molecular weight excluding hydrogens is 200 g/mol. The number of benzene rings is 1. The largest absolute Gasteiger partial charge is 0.491 e. The van der Waals surface area contributed by atoms with Gasteiger partial charge in [-0.1, -0.05) is 0 Å². The molecule has 0 spiro atoms. The maximum Gasteiger partial charge on any atom is 0.120 e. The Balaban J connectivity index is 2.53. The van der Waals surface area contributed by atoms with Crippen LogP contribution in [0.5, 0.6) is 5.75 Å². The van der Waals surface area contributed by atoms with Crippen molar-refractivity contribution in [2.45, 2.75) is 26.9 Å². The van der Waals surface area contributed by atoms with Crippen LogP contribution in [0.2, 0.25) is 0 Å². The van der Waals surface area contributed by atoms with E-state index in [1.807, 2.05) is 45.0 Å². The number of anilines is 1. The number of nitrogens with zero attached hydrogens (tertiary/aromatic N) is 1. The molecule has 0 saturated carbocycles. The topological polar surface area (TPSA) is 48.1 Å². The number of hydrogen-bond donors (Lipinski definition) is 1. The molecule has 2 aromatic rings. The number of rotatable bonds is 2. The highest BCUT2D eigenvalue weighted by Crippen LogP contribution is 2.25. The number of hydrogen-bond acceptors (Lipinski definition) is 3. The van der Waals surface area contributed by atoms with E-state index in [4.69, 9.17) is 10.5 Å². The zero-order valence-electron chi connectivity index (χ0n) is 9.82. The third-order valence-corrected chi connectivity index (χ3v) is 2.31. The Morgan fingerprint density at radius 1 is 1.25 bits per heavy atom. The van der Waals surface area contributed by atoms with Crippen molar-refractivity contribution >= 4 is 16.6 Å². The van der Waals surface area contributed by atoms with Crippen molar-refractivity contribution in [1.82, 2.24) is 4.98 Å². The number of pyridine rings is 1. The molecule has 0 saturated heterocycles. The molecule has 0 aliphatic carbocycles. The maximum absolute atomic E-state index is 5.96. The molecule has 3 heteroatoms. The third kappa shape index (κ3) is 2.08. The zero-order chi connectivity index (χ0) is 11.7. The van der Waals surface area contributed by atoms with Crippen LogP contribution in [0.1, 0.15) is 19.5 Å². The van der Waals surface area contributed by atoms with Gasteiger partial charge in [-0.15, -0.1) is 0 Å². The second-order valence-corrected chi connectivity index (χ2v) is 4.20. The van der Waals surface area contributed by atoms with Crippen molar-refractivity contribution in [2.24, 2.45) is 0 Å². The number of aromatic nitrogens is 1. The van der Waals surface area contributed by atoms with Crippen molar-refractivity contribution in [1.29, 1.82) is 0 Å². The molecule has 1 heterocycles. The molecule has 0 atom stereocenters. The molecule has 84 valence electrons. The molecule has 2 rings (SSSR count). The highest BCUT2D eigenvalue weighted by molar-refractivity contribution is 5.91. The molecule has 0 radical (unpaired) electrons. The molecular formula is C13H16N2O. The summed E-state index contributed by atoms with van der Waals surface area (Å²) < 4.78 is 5.62. The lowest BCUT2D eigenvalue weighted by Crippen LogP contribution is -2.05. The first-order valence-corrected chi connectivity index (χ1v) is 5.40. The lowest BCUT2D eigenvalue weighted by molar-refractivity contribution is 0.243. The Hall–Kier alpha value is -1.77. The fourth-order valence-electron chi connectivity index (χ4n) is 1.71. The van der Waals surface area contributed by atoms with Gasteiger partial charge in [-0.2, -0.15) is 0 Å². The average Bonchev–Trinajstić information content (AvgIpc) is 2.18. The molecule has 0 unspecified atom stereocenters. The molecule has 0 bridgehead atoms. The van der Waals surface area contributed by atoms with E-state index >= 15 is 0 Å². The van der Waals surface area contributed by atoms with Gasteiger partial charge >= 0.3 is 0 Å². The molecule has 0 fully saturated rings. The summed E-state index contributed by atoms with van der Waals surface area (Å²) in [7, 11) is 0. The van der Waals surface area contributed by atoms with Crippen molar-refractivity contribution in [3.63, 3.8) is 0 Å². The summed E-state index contributed by atoms with van der Waals surface area (Å²) >= 11 is 0. The van der Waals surface area contributed by atoms with Gasteiger partial charge < -0.3 is 10.5 Å². The van der Waals surface area contributed by atoms with Crippen LogP contribution >= 0.6 is 0 Å². The van der Waals surface area contributed by atoms with Crippen molar-refractivity contribution in [2.75, 3.05) is 5.73 Å². The SMILES string of the molecule is Cc1cc(N)c2cc(OC(C)C)ccc2n1. The Kier molecular flexibility index (Phi) is 2.69. The molecule has 2 N–H and O–H groups in total. The Morgan fingerprint density at radius 3 is 2.69 bits per heavy atom. The quantitative estimate of drug-likeness (QED) is 0.839. The number of nitrogen functional groups attached to an aromatic ring is 1. The van der Waals surface area contributed by atoms with Crippen LogP contribution in [-0.4, -0.2) is 11.1 Å². The summed E-state index contributed by atoms with van der Waals surface area (Å²) in [4.78, 5) is 4.42. The minimum atomic E-state index is 0.164. The van der Waals surface area contributed by atoms with Crippen LogP contribution in [0.3, 0.4) is 0 Å². The van der Waals surface area contributed by atoms with E-state index in [1.54, 1.807) is 0 Å². The van der Waals surface area contributed by atoms with Crippen molar-refractivity contribution in [3.8, 4) is 5.75 Å². The lowest BCUT2D eigenvalue weighted by atomic mass is 10.1. The van der Waals surface area contributed by atoms with E-state index in [0.29, 0.717) is 0 Å².